The predicted octanol–water partition coefficient (Wildman–Crippen LogP) is 4.23. The molecular weight excluding hydrogens is 394 g/mol. The van der Waals surface area contributed by atoms with Crippen LogP contribution in [0.15, 0.2) is 24.5 Å². The van der Waals surface area contributed by atoms with E-state index in [1.165, 1.54) is 28.4 Å². The molecule has 8 heteroatoms. The smallest absolute Gasteiger partial charge is 0.261 e. The number of hydrogen-bond acceptors (Lipinski definition) is 7. The Hall–Kier alpha value is -2.29. The third-order valence-electron chi connectivity index (χ3n) is 4.67. The van der Waals surface area contributed by atoms with E-state index in [-0.39, 0.29) is 5.91 Å². The summed E-state index contributed by atoms with van der Waals surface area (Å²) < 4.78 is 15.7. The molecule has 0 spiro atoms. The molecule has 1 aliphatic rings. The lowest BCUT2D eigenvalue weighted by Crippen LogP contribution is -2.25. The molecule has 0 saturated carbocycles. The second-order valence-electron chi connectivity index (χ2n) is 6.54. The van der Waals surface area contributed by atoms with Gasteiger partial charge in [-0.1, -0.05) is 11.3 Å². The fraction of sp³-hybridized carbons (Fsp3) is 0.350. The van der Waals surface area contributed by atoms with Crippen LogP contribution < -0.4 is 10.1 Å². The number of methoxy groups -OCH3 is 1. The Bertz CT molecular complexity index is 996. The van der Waals surface area contributed by atoms with Crippen LogP contribution in [0.3, 0.4) is 0 Å². The molecule has 0 saturated heterocycles. The molecule has 0 aliphatic heterocycles. The highest BCUT2D eigenvalue weighted by molar-refractivity contribution is 7.17. The van der Waals surface area contributed by atoms with E-state index < -0.39 is 0 Å². The lowest BCUT2D eigenvalue weighted by molar-refractivity contribution is 0.0952. The monoisotopic (exact) mass is 415 g/mol. The van der Waals surface area contributed by atoms with Crippen LogP contribution in [0.4, 0.5) is 0 Å². The van der Waals surface area contributed by atoms with Gasteiger partial charge in [-0.15, -0.1) is 0 Å². The average Bonchev–Trinajstić information content (AvgIpc) is 3.31. The molecule has 4 rings (SSSR count). The van der Waals surface area contributed by atoms with Crippen molar-refractivity contribution in [2.75, 3.05) is 20.3 Å². The van der Waals surface area contributed by atoms with Gasteiger partial charge < -0.3 is 14.8 Å². The SMILES string of the molecule is COCCCNC(=O)c1sc(Oc2cccnc2C)c2c1CCc1cnsc1-2. The summed E-state index contributed by atoms with van der Waals surface area (Å²) in [6, 6.07) is 3.75. The normalized spacial score (nSPS) is 12.4. The van der Waals surface area contributed by atoms with Crippen molar-refractivity contribution in [1.29, 1.82) is 0 Å². The number of ether oxygens (including phenoxy) is 2. The van der Waals surface area contributed by atoms with Crippen LogP contribution in [0.5, 0.6) is 10.8 Å². The number of nitrogens with one attached hydrogen (secondary N) is 1. The quantitative estimate of drug-likeness (QED) is 0.585. The molecule has 0 fully saturated rings. The van der Waals surface area contributed by atoms with Crippen LogP contribution in [0.1, 0.15) is 32.9 Å². The van der Waals surface area contributed by atoms with Gasteiger partial charge in [0.05, 0.1) is 21.0 Å². The van der Waals surface area contributed by atoms with Gasteiger partial charge in [0, 0.05) is 32.7 Å². The average molecular weight is 416 g/mol. The Labute approximate surface area is 171 Å². The van der Waals surface area contributed by atoms with E-state index >= 15 is 0 Å². The van der Waals surface area contributed by atoms with Crippen LogP contribution in [-0.4, -0.2) is 35.5 Å². The van der Waals surface area contributed by atoms with Crippen LogP contribution in [-0.2, 0) is 17.6 Å². The first-order valence-corrected chi connectivity index (χ1v) is 10.7. The molecule has 0 bridgehead atoms. The number of thiophene rings is 1. The van der Waals surface area contributed by atoms with Gasteiger partial charge >= 0.3 is 0 Å². The van der Waals surface area contributed by atoms with Crippen molar-refractivity contribution in [3.8, 4) is 21.3 Å². The summed E-state index contributed by atoms with van der Waals surface area (Å²) in [5, 5.41) is 3.74. The molecule has 0 aromatic carbocycles. The van der Waals surface area contributed by atoms with E-state index in [1.54, 1.807) is 13.3 Å². The van der Waals surface area contributed by atoms with Crippen molar-refractivity contribution in [2.45, 2.75) is 26.2 Å². The first-order valence-electron chi connectivity index (χ1n) is 9.15. The highest BCUT2D eigenvalue weighted by Gasteiger charge is 2.30. The summed E-state index contributed by atoms with van der Waals surface area (Å²) in [5.74, 6) is 0.651. The third-order valence-corrected chi connectivity index (χ3v) is 6.64. The standard InChI is InChI=1S/C20H21N3O3S2/c1-12-15(5-3-8-21-12)26-20-16-14(7-6-13-11-23-28-17(13)16)18(27-20)19(24)22-9-4-10-25-2/h3,5,8,11H,4,6-7,9-10H2,1-2H3,(H,22,24). The summed E-state index contributed by atoms with van der Waals surface area (Å²) in [6.07, 6.45) is 6.15. The number of fused-ring (bicyclic) bond motifs is 3. The van der Waals surface area contributed by atoms with Crippen LogP contribution in [0.25, 0.3) is 10.4 Å². The van der Waals surface area contributed by atoms with Gasteiger partial charge in [0.1, 0.15) is 5.75 Å². The second kappa shape index (κ2) is 8.38. The molecular formula is C20H21N3O3S2. The molecule has 0 atom stereocenters. The Morgan fingerprint density at radius 3 is 3.07 bits per heavy atom. The number of hydrogen-bond donors (Lipinski definition) is 1. The zero-order chi connectivity index (χ0) is 19.5. The number of pyridine rings is 1. The summed E-state index contributed by atoms with van der Waals surface area (Å²) in [7, 11) is 1.66. The molecule has 3 heterocycles. The number of rotatable bonds is 7. The fourth-order valence-electron chi connectivity index (χ4n) is 3.25. The first-order chi connectivity index (χ1) is 13.7. The molecule has 3 aromatic rings. The van der Waals surface area contributed by atoms with Crippen molar-refractivity contribution >= 4 is 28.8 Å². The topological polar surface area (TPSA) is 73.3 Å². The Balaban J connectivity index is 1.69. The molecule has 1 amide bonds. The molecule has 0 radical (unpaired) electrons. The number of amides is 1. The van der Waals surface area contributed by atoms with Crippen molar-refractivity contribution in [1.82, 2.24) is 14.7 Å². The van der Waals surface area contributed by atoms with Gasteiger partial charge in [-0.3, -0.25) is 9.78 Å². The minimum absolute atomic E-state index is 0.0527. The van der Waals surface area contributed by atoms with Crippen LogP contribution in [0.2, 0.25) is 0 Å². The first kappa shape index (κ1) is 19.0. The number of carbonyl (C=O) groups is 1. The van der Waals surface area contributed by atoms with Crippen molar-refractivity contribution in [3.63, 3.8) is 0 Å². The largest absolute Gasteiger partial charge is 0.444 e. The summed E-state index contributed by atoms with van der Waals surface area (Å²) in [5.41, 5.74) is 4.10. The fourth-order valence-corrected chi connectivity index (χ4v) is 5.31. The maximum Gasteiger partial charge on any atom is 0.261 e. The van der Waals surface area contributed by atoms with Crippen molar-refractivity contribution in [2.24, 2.45) is 0 Å². The van der Waals surface area contributed by atoms with Gasteiger partial charge in [-0.2, -0.15) is 0 Å². The van der Waals surface area contributed by atoms with Gasteiger partial charge in [-0.05, 0) is 61.0 Å². The van der Waals surface area contributed by atoms with Gasteiger partial charge in [0.2, 0.25) is 0 Å². The van der Waals surface area contributed by atoms with E-state index in [0.29, 0.717) is 18.9 Å². The Kier molecular flexibility index (Phi) is 5.70. The maximum absolute atomic E-state index is 12.8. The van der Waals surface area contributed by atoms with E-state index in [0.717, 1.165) is 50.9 Å². The minimum atomic E-state index is -0.0527. The van der Waals surface area contributed by atoms with Crippen molar-refractivity contribution in [3.05, 3.63) is 46.2 Å². The highest BCUT2D eigenvalue weighted by Crippen LogP contribution is 2.50. The van der Waals surface area contributed by atoms with Gasteiger partial charge in [0.25, 0.3) is 5.91 Å². The molecule has 0 unspecified atom stereocenters. The molecule has 146 valence electrons. The predicted molar refractivity (Wildman–Crippen MR) is 111 cm³/mol. The zero-order valence-corrected chi connectivity index (χ0v) is 17.4. The lowest BCUT2D eigenvalue weighted by Gasteiger charge is -2.14. The number of aryl methyl sites for hydroxylation is 2. The van der Waals surface area contributed by atoms with Crippen LogP contribution >= 0.6 is 22.9 Å². The lowest BCUT2D eigenvalue weighted by atomic mass is 9.93. The van der Waals surface area contributed by atoms with Crippen molar-refractivity contribution < 1.29 is 14.3 Å². The van der Waals surface area contributed by atoms with Gasteiger partial charge in [0.15, 0.2) is 5.06 Å². The maximum atomic E-state index is 12.8. The molecule has 6 nitrogen and oxygen atoms in total. The van der Waals surface area contributed by atoms with E-state index in [2.05, 4.69) is 14.7 Å². The molecule has 28 heavy (non-hydrogen) atoms. The number of carbonyl (C=O) groups excluding carboxylic acids is 1. The number of aromatic nitrogens is 2. The van der Waals surface area contributed by atoms with E-state index in [4.69, 9.17) is 9.47 Å². The molecule has 3 aromatic heterocycles. The third kappa shape index (κ3) is 3.67. The second-order valence-corrected chi connectivity index (χ2v) is 8.33. The molecule has 1 N–H and O–H groups in total. The highest BCUT2D eigenvalue weighted by atomic mass is 32.1. The Morgan fingerprint density at radius 2 is 2.25 bits per heavy atom. The summed E-state index contributed by atoms with van der Waals surface area (Å²) in [4.78, 5) is 19.0. The number of nitrogens with zero attached hydrogens (tertiary/aromatic N) is 2. The van der Waals surface area contributed by atoms with Gasteiger partial charge in [-0.25, -0.2) is 4.37 Å². The summed E-state index contributed by atoms with van der Waals surface area (Å²) in [6.45, 7) is 3.13. The summed E-state index contributed by atoms with van der Waals surface area (Å²) >= 11 is 2.86. The molecule has 1 aliphatic carbocycles. The van der Waals surface area contributed by atoms with E-state index in [9.17, 15) is 4.79 Å². The zero-order valence-electron chi connectivity index (χ0n) is 15.8. The Morgan fingerprint density at radius 1 is 1.36 bits per heavy atom. The van der Waals surface area contributed by atoms with Crippen LogP contribution in [0, 0.1) is 6.92 Å². The minimum Gasteiger partial charge on any atom is -0.444 e. The van der Waals surface area contributed by atoms with E-state index in [1.807, 2.05) is 25.3 Å².